The van der Waals surface area contributed by atoms with E-state index in [4.69, 9.17) is 0 Å². The molecule has 0 aliphatic carbocycles. The van der Waals surface area contributed by atoms with Crippen LogP contribution in [0.4, 0.5) is 0 Å². The Bertz CT molecular complexity index is 480. The SMILES string of the molecule is CCN1CCC[C@H]1CNC(=O)CNC(=O)c1cnccn1. The number of carbonyl (C=O) groups is 2. The Morgan fingerprint density at radius 1 is 1.38 bits per heavy atom. The topological polar surface area (TPSA) is 87.2 Å². The quantitative estimate of drug-likeness (QED) is 0.758. The number of hydrogen-bond donors (Lipinski definition) is 2. The first-order valence-corrected chi connectivity index (χ1v) is 7.25. The van der Waals surface area contributed by atoms with Crippen LogP contribution in [0.2, 0.25) is 0 Å². The number of aromatic nitrogens is 2. The van der Waals surface area contributed by atoms with Gasteiger partial charge in [-0.15, -0.1) is 0 Å². The van der Waals surface area contributed by atoms with Gasteiger partial charge in [-0.05, 0) is 25.9 Å². The summed E-state index contributed by atoms with van der Waals surface area (Å²) in [5, 5.41) is 5.40. The zero-order valence-corrected chi connectivity index (χ0v) is 12.2. The highest BCUT2D eigenvalue weighted by Gasteiger charge is 2.23. The molecule has 2 heterocycles. The first kappa shape index (κ1) is 15.4. The van der Waals surface area contributed by atoms with Crippen molar-refractivity contribution < 1.29 is 9.59 Å². The Labute approximate surface area is 124 Å². The fourth-order valence-corrected chi connectivity index (χ4v) is 2.50. The van der Waals surface area contributed by atoms with E-state index in [1.54, 1.807) is 0 Å². The van der Waals surface area contributed by atoms with Crippen LogP contribution < -0.4 is 10.6 Å². The number of amides is 2. The maximum absolute atomic E-state index is 11.8. The molecular formula is C14H21N5O2. The van der Waals surface area contributed by atoms with Crippen LogP contribution in [-0.4, -0.2) is 58.9 Å². The van der Waals surface area contributed by atoms with Gasteiger partial charge in [0.1, 0.15) is 5.69 Å². The second-order valence-electron chi connectivity index (χ2n) is 5.00. The highest BCUT2D eigenvalue weighted by Crippen LogP contribution is 2.15. The van der Waals surface area contributed by atoms with Crippen LogP contribution in [0, 0.1) is 0 Å². The van der Waals surface area contributed by atoms with E-state index in [-0.39, 0.29) is 18.1 Å². The predicted octanol–water partition coefficient (Wildman–Crippen LogP) is -0.193. The van der Waals surface area contributed by atoms with Gasteiger partial charge in [-0.3, -0.25) is 19.5 Å². The first-order chi connectivity index (χ1) is 10.2. The fraction of sp³-hybridized carbons (Fsp3) is 0.571. The van der Waals surface area contributed by atoms with Crippen molar-refractivity contribution in [3.05, 3.63) is 24.3 Å². The highest BCUT2D eigenvalue weighted by atomic mass is 16.2. The lowest BCUT2D eigenvalue weighted by Crippen LogP contribution is -2.43. The van der Waals surface area contributed by atoms with E-state index in [0.29, 0.717) is 12.6 Å². The van der Waals surface area contributed by atoms with Crippen molar-refractivity contribution in [3.8, 4) is 0 Å². The van der Waals surface area contributed by atoms with Crippen molar-refractivity contribution in [2.75, 3.05) is 26.2 Å². The van der Waals surface area contributed by atoms with Crippen LogP contribution in [0.3, 0.4) is 0 Å². The van der Waals surface area contributed by atoms with Gasteiger partial charge in [0.2, 0.25) is 5.91 Å². The van der Waals surface area contributed by atoms with E-state index in [2.05, 4.69) is 32.4 Å². The number of likely N-dealkylation sites (N-methyl/N-ethyl adjacent to an activating group) is 1. The van der Waals surface area contributed by atoms with Crippen LogP contribution in [0.5, 0.6) is 0 Å². The van der Waals surface area contributed by atoms with Gasteiger partial charge in [0, 0.05) is 25.0 Å². The van der Waals surface area contributed by atoms with Gasteiger partial charge in [0.15, 0.2) is 0 Å². The molecule has 1 fully saturated rings. The van der Waals surface area contributed by atoms with E-state index in [1.807, 2.05) is 0 Å². The van der Waals surface area contributed by atoms with Crippen molar-refractivity contribution in [2.24, 2.45) is 0 Å². The predicted molar refractivity (Wildman–Crippen MR) is 77.6 cm³/mol. The molecule has 2 N–H and O–H groups in total. The lowest BCUT2D eigenvalue weighted by molar-refractivity contribution is -0.120. The Morgan fingerprint density at radius 3 is 2.95 bits per heavy atom. The van der Waals surface area contributed by atoms with Crippen molar-refractivity contribution in [3.63, 3.8) is 0 Å². The molecule has 1 aromatic heterocycles. The van der Waals surface area contributed by atoms with Crippen LogP contribution >= 0.6 is 0 Å². The first-order valence-electron chi connectivity index (χ1n) is 7.25. The monoisotopic (exact) mass is 291 g/mol. The number of carbonyl (C=O) groups excluding carboxylic acids is 2. The average molecular weight is 291 g/mol. The molecule has 0 aromatic carbocycles. The molecular weight excluding hydrogens is 270 g/mol. The summed E-state index contributed by atoms with van der Waals surface area (Å²) in [4.78, 5) is 33.5. The smallest absolute Gasteiger partial charge is 0.271 e. The lowest BCUT2D eigenvalue weighted by atomic mass is 10.2. The molecule has 0 bridgehead atoms. The summed E-state index contributed by atoms with van der Waals surface area (Å²) < 4.78 is 0. The molecule has 1 saturated heterocycles. The number of nitrogens with one attached hydrogen (secondary N) is 2. The Morgan fingerprint density at radius 2 is 2.24 bits per heavy atom. The molecule has 0 saturated carbocycles. The third-order valence-electron chi connectivity index (χ3n) is 3.65. The maximum atomic E-state index is 11.8. The van der Waals surface area contributed by atoms with Crippen molar-refractivity contribution >= 4 is 11.8 Å². The van der Waals surface area contributed by atoms with Crippen LogP contribution in [-0.2, 0) is 4.79 Å². The zero-order valence-electron chi connectivity index (χ0n) is 12.2. The Kier molecular flexibility index (Phi) is 5.62. The summed E-state index contributed by atoms with van der Waals surface area (Å²) in [7, 11) is 0. The molecule has 1 atom stereocenters. The van der Waals surface area contributed by atoms with Crippen LogP contribution in [0.1, 0.15) is 30.3 Å². The Balaban J connectivity index is 1.69. The molecule has 0 radical (unpaired) electrons. The Hall–Kier alpha value is -2.02. The van der Waals surface area contributed by atoms with Crippen molar-refractivity contribution in [1.29, 1.82) is 0 Å². The summed E-state index contributed by atoms with van der Waals surface area (Å²) in [5.41, 5.74) is 0.207. The minimum absolute atomic E-state index is 0.0474. The van der Waals surface area contributed by atoms with Crippen molar-refractivity contribution in [1.82, 2.24) is 25.5 Å². The maximum Gasteiger partial charge on any atom is 0.271 e. The third-order valence-corrected chi connectivity index (χ3v) is 3.65. The molecule has 2 rings (SSSR count). The van der Waals surface area contributed by atoms with E-state index in [9.17, 15) is 9.59 Å². The van der Waals surface area contributed by atoms with E-state index >= 15 is 0 Å². The molecule has 7 nitrogen and oxygen atoms in total. The number of likely N-dealkylation sites (tertiary alicyclic amines) is 1. The molecule has 2 amide bonds. The normalized spacial score (nSPS) is 18.4. The molecule has 1 aromatic rings. The van der Waals surface area contributed by atoms with Gasteiger partial charge in [-0.25, -0.2) is 4.98 Å². The van der Waals surface area contributed by atoms with Gasteiger partial charge in [-0.1, -0.05) is 6.92 Å². The van der Waals surface area contributed by atoms with Gasteiger partial charge in [-0.2, -0.15) is 0 Å². The molecule has 21 heavy (non-hydrogen) atoms. The van der Waals surface area contributed by atoms with E-state index in [0.717, 1.165) is 19.5 Å². The van der Waals surface area contributed by atoms with Crippen LogP contribution in [0.15, 0.2) is 18.6 Å². The third kappa shape index (κ3) is 4.49. The highest BCUT2D eigenvalue weighted by molar-refractivity contribution is 5.94. The average Bonchev–Trinajstić information content (AvgIpc) is 2.99. The lowest BCUT2D eigenvalue weighted by Gasteiger charge is -2.22. The van der Waals surface area contributed by atoms with Gasteiger partial charge < -0.3 is 10.6 Å². The number of hydrogen-bond acceptors (Lipinski definition) is 5. The van der Waals surface area contributed by atoms with Gasteiger partial charge >= 0.3 is 0 Å². The van der Waals surface area contributed by atoms with Gasteiger partial charge in [0.25, 0.3) is 5.91 Å². The minimum Gasteiger partial charge on any atom is -0.353 e. The van der Waals surface area contributed by atoms with Gasteiger partial charge in [0.05, 0.1) is 12.7 Å². The van der Waals surface area contributed by atoms with Crippen LogP contribution in [0.25, 0.3) is 0 Å². The molecule has 1 aliphatic rings. The summed E-state index contributed by atoms with van der Waals surface area (Å²) in [6, 6.07) is 0.412. The second-order valence-corrected chi connectivity index (χ2v) is 5.00. The minimum atomic E-state index is -0.394. The zero-order chi connectivity index (χ0) is 15.1. The number of nitrogens with zero attached hydrogens (tertiary/aromatic N) is 3. The molecule has 1 aliphatic heterocycles. The summed E-state index contributed by atoms with van der Waals surface area (Å²) in [6.45, 7) is 4.81. The van der Waals surface area contributed by atoms with E-state index in [1.165, 1.54) is 25.0 Å². The number of rotatable bonds is 6. The molecule has 7 heteroatoms. The summed E-state index contributed by atoms with van der Waals surface area (Å²) in [5.74, 6) is -0.579. The second kappa shape index (κ2) is 7.68. The molecule has 0 spiro atoms. The molecule has 0 unspecified atom stereocenters. The summed E-state index contributed by atoms with van der Waals surface area (Å²) in [6.07, 6.45) is 6.59. The van der Waals surface area contributed by atoms with Crippen molar-refractivity contribution in [2.45, 2.75) is 25.8 Å². The fourth-order valence-electron chi connectivity index (χ4n) is 2.50. The largest absolute Gasteiger partial charge is 0.353 e. The molecule has 114 valence electrons. The standard InChI is InChI=1S/C14H21N5O2/c1-2-19-7-3-4-11(19)8-17-13(20)10-18-14(21)12-9-15-5-6-16-12/h5-6,9,11H,2-4,7-8,10H2,1H3,(H,17,20)(H,18,21)/t11-/m0/s1. The van der Waals surface area contributed by atoms with E-state index < -0.39 is 5.91 Å². The summed E-state index contributed by atoms with van der Waals surface area (Å²) >= 11 is 0.